The number of benzene rings is 2. The number of carbonyl (C=O) groups excluding carboxylic acids is 2. The molecule has 0 heterocycles. The Morgan fingerprint density at radius 2 is 1.33 bits per heavy atom. The fraction of sp³-hybridized carbons (Fsp3) is 0.417. The number of rotatable bonds is 7. The number of alkyl carbamates (subject to hydrolysis) is 2. The maximum atomic E-state index is 12.1. The predicted molar refractivity (Wildman–Crippen MR) is 117 cm³/mol. The van der Waals surface area contributed by atoms with Crippen molar-refractivity contribution in [1.82, 2.24) is 10.6 Å². The van der Waals surface area contributed by atoms with Crippen molar-refractivity contribution in [1.29, 1.82) is 0 Å². The van der Waals surface area contributed by atoms with Gasteiger partial charge in [-0.2, -0.15) is 0 Å². The van der Waals surface area contributed by atoms with Gasteiger partial charge in [0.2, 0.25) is 0 Å². The third-order valence-corrected chi connectivity index (χ3v) is 4.88. The van der Waals surface area contributed by atoms with E-state index in [1.54, 1.807) is 0 Å². The average molecular weight is 411 g/mol. The van der Waals surface area contributed by atoms with Crippen molar-refractivity contribution in [2.45, 2.75) is 45.1 Å². The van der Waals surface area contributed by atoms with E-state index >= 15 is 0 Å². The quantitative estimate of drug-likeness (QED) is 0.641. The van der Waals surface area contributed by atoms with Crippen LogP contribution in [0, 0.1) is 0 Å². The summed E-state index contributed by atoms with van der Waals surface area (Å²) in [7, 11) is 0. The van der Waals surface area contributed by atoms with Crippen molar-refractivity contribution < 1.29 is 19.1 Å². The lowest BCUT2D eigenvalue weighted by molar-refractivity contribution is 0.0526. The molecule has 2 N–H and O–H groups in total. The molecule has 0 unspecified atom stereocenters. The molecule has 30 heavy (non-hydrogen) atoms. The summed E-state index contributed by atoms with van der Waals surface area (Å²) in [5, 5.41) is 5.48. The highest BCUT2D eigenvalue weighted by Gasteiger charge is 2.28. The maximum absolute atomic E-state index is 12.1. The Bertz CT molecular complexity index is 843. The van der Waals surface area contributed by atoms with Gasteiger partial charge in [-0.25, -0.2) is 9.59 Å². The second-order valence-corrected chi connectivity index (χ2v) is 8.39. The molecule has 0 saturated carbocycles. The second-order valence-electron chi connectivity index (χ2n) is 8.39. The minimum atomic E-state index is -0.504. The first-order valence-electron chi connectivity index (χ1n) is 10.4. The van der Waals surface area contributed by atoms with E-state index in [1.807, 2.05) is 45.0 Å². The lowest BCUT2D eigenvalue weighted by Gasteiger charge is -2.19. The van der Waals surface area contributed by atoms with Crippen LogP contribution in [0.15, 0.2) is 48.5 Å². The van der Waals surface area contributed by atoms with Gasteiger partial charge in [0.25, 0.3) is 0 Å². The molecule has 0 bridgehead atoms. The van der Waals surface area contributed by atoms with Crippen molar-refractivity contribution in [2.75, 3.05) is 19.7 Å². The smallest absolute Gasteiger partial charge is 0.407 e. The van der Waals surface area contributed by atoms with Crippen molar-refractivity contribution in [2.24, 2.45) is 0 Å². The van der Waals surface area contributed by atoms with E-state index in [2.05, 4.69) is 34.9 Å². The fourth-order valence-electron chi connectivity index (χ4n) is 3.59. The minimum absolute atomic E-state index is 0.0566. The Morgan fingerprint density at radius 3 is 1.87 bits per heavy atom. The predicted octanol–water partition coefficient (Wildman–Crippen LogP) is 4.83. The van der Waals surface area contributed by atoms with Gasteiger partial charge in [0.15, 0.2) is 0 Å². The lowest BCUT2D eigenvalue weighted by Crippen LogP contribution is -2.33. The zero-order chi connectivity index (χ0) is 21.6. The molecular formula is C24H30N2O4. The van der Waals surface area contributed by atoms with E-state index in [4.69, 9.17) is 9.47 Å². The number of fused-ring (bicyclic) bond motifs is 3. The van der Waals surface area contributed by atoms with Crippen LogP contribution in [0.2, 0.25) is 0 Å². The number of hydrogen-bond acceptors (Lipinski definition) is 4. The van der Waals surface area contributed by atoms with Crippen LogP contribution >= 0.6 is 0 Å². The molecule has 0 radical (unpaired) electrons. The molecule has 2 amide bonds. The highest BCUT2D eigenvalue weighted by Crippen LogP contribution is 2.44. The first-order valence-corrected chi connectivity index (χ1v) is 10.4. The summed E-state index contributed by atoms with van der Waals surface area (Å²) in [6, 6.07) is 16.5. The molecule has 0 fully saturated rings. The van der Waals surface area contributed by atoms with Crippen LogP contribution in [-0.2, 0) is 9.47 Å². The highest BCUT2D eigenvalue weighted by molar-refractivity contribution is 5.79. The van der Waals surface area contributed by atoms with Crippen molar-refractivity contribution in [3.63, 3.8) is 0 Å². The molecule has 0 spiro atoms. The Balaban J connectivity index is 1.37. The van der Waals surface area contributed by atoms with E-state index in [-0.39, 0.29) is 5.92 Å². The minimum Gasteiger partial charge on any atom is -0.449 e. The number of unbranched alkanes of at least 4 members (excludes halogenated alkanes) is 1. The molecule has 0 aromatic heterocycles. The third-order valence-electron chi connectivity index (χ3n) is 4.88. The summed E-state index contributed by atoms with van der Waals surface area (Å²) in [4.78, 5) is 23.7. The zero-order valence-electron chi connectivity index (χ0n) is 17.9. The number of amides is 2. The number of hydrogen-bond donors (Lipinski definition) is 2. The van der Waals surface area contributed by atoms with Crippen molar-refractivity contribution in [3.05, 3.63) is 59.7 Å². The summed E-state index contributed by atoms with van der Waals surface area (Å²) in [5.74, 6) is 0.0566. The van der Waals surface area contributed by atoms with Crippen molar-refractivity contribution >= 4 is 12.2 Å². The summed E-state index contributed by atoms with van der Waals surface area (Å²) < 4.78 is 10.7. The monoisotopic (exact) mass is 410 g/mol. The normalized spacial score (nSPS) is 12.6. The van der Waals surface area contributed by atoms with E-state index in [0.717, 1.165) is 12.8 Å². The van der Waals surface area contributed by atoms with Crippen LogP contribution in [0.3, 0.4) is 0 Å². The van der Waals surface area contributed by atoms with Crippen LogP contribution in [-0.4, -0.2) is 37.5 Å². The van der Waals surface area contributed by atoms with Crippen LogP contribution in [0.25, 0.3) is 11.1 Å². The SMILES string of the molecule is CC(C)(C)OC(=O)NCCCCNC(=O)OCC1c2ccccc2-c2ccccc21. The largest absolute Gasteiger partial charge is 0.449 e. The standard InChI is InChI=1S/C24H30N2O4/c1-24(2,3)30-23(28)26-15-9-8-14-25-22(27)29-16-21-19-12-6-4-10-17(19)18-11-5-7-13-20(18)21/h4-7,10-13,21H,8-9,14-16H2,1-3H3,(H,25,27)(H,26,28). The molecule has 1 aliphatic carbocycles. The molecule has 160 valence electrons. The number of nitrogens with one attached hydrogen (secondary N) is 2. The Hall–Kier alpha value is -3.02. The Morgan fingerprint density at radius 1 is 0.833 bits per heavy atom. The Kier molecular flexibility index (Phi) is 6.98. The van der Waals surface area contributed by atoms with Gasteiger partial charge >= 0.3 is 12.2 Å². The molecule has 0 atom stereocenters. The van der Waals surface area contributed by atoms with Gasteiger partial charge in [0, 0.05) is 19.0 Å². The average Bonchev–Trinajstić information content (AvgIpc) is 3.01. The second kappa shape index (κ2) is 9.65. The molecule has 6 nitrogen and oxygen atoms in total. The summed E-state index contributed by atoms with van der Waals surface area (Å²) in [5.41, 5.74) is 4.30. The molecule has 2 aromatic rings. The molecule has 2 aromatic carbocycles. The third kappa shape index (κ3) is 5.75. The first kappa shape index (κ1) is 21.7. The number of carbonyl (C=O) groups is 2. The lowest BCUT2D eigenvalue weighted by atomic mass is 9.98. The van der Waals surface area contributed by atoms with E-state index < -0.39 is 17.8 Å². The van der Waals surface area contributed by atoms with Crippen LogP contribution in [0.1, 0.15) is 50.7 Å². The summed E-state index contributed by atoms with van der Waals surface area (Å²) in [6.45, 7) is 6.77. The molecular weight excluding hydrogens is 380 g/mol. The van der Waals surface area contributed by atoms with E-state index in [9.17, 15) is 9.59 Å². The van der Waals surface area contributed by atoms with Gasteiger partial charge in [-0.1, -0.05) is 48.5 Å². The maximum Gasteiger partial charge on any atom is 0.407 e. The first-order chi connectivity index (χ1) is 14.3. The summed E-state index contributed by atoms with van der Waals surface area (Å²) in [6.07, 6.45) is 0.632. The Labute approximate surface area is 178 Å². The van der Waals surface area contributed by atoms with Gasteiger partial charge in [0.1, 0.15) is 12.2 Å². The van der Waals surface area contributed by atoms with E-state index in [1.165, 1.54) is 22.3 Å². The van der Waals surface area contributed by atoms with Gasteiger partial charge in [-0.05, 0) is 55.9 Å². The highest BCUT2D eigenvalue weighted by atomic mass is 16.6. The molecule has 3 rings (SSSR count). The topological polar surface area (TPSA) is 76.7 Å². The van der Waals surface area contributed by atoms with Gasteiger partial charge < -0.3 is 20.1 Å². The van der Waals surface area contributed by atoms with Crippen LogP contribution in [0.5, 0.6) is 0 Å². The molecule has 6 heteroatoms. The molecule has 0 aliphatic heterocycles. The van der Waals surface area contributed by atoms with E-state index in [0.29, 0.717) is 19.7 Å². The van der Waals surface area contributed by atoms with Gasteiger partial charge in [0.05, 0.1) is 0 Å². The zero-order valence-corrected chi connectivity index (χ0v) is 17.9. The van der Waals surface area contributed by atoms with Crippen molar-refractivity contribution in [3.8, 4) is 11.1 Å². The van der Waals surface area contributed by atoms with Crippen LogP contribution in [0.4, 0.5) is 9.59 Å². The fourth-order valence-corrected chi connectivity index (χ4v) is 3.59. The van der Waals surface area contributed by atoms with Gasteiger partial charge in [-0.3, -0.25) is 0 Å². The number of ether oxygens (including phenoxy) is 2. The molecule has 1 aliphatic rings. The molecule has 0 saturated heterocycles. The summed E-state index contributed by atoms with van der Waals surface area (Å²) >= 11 is 0. The van der Waals surface area contributed by atoms with Gasteiger partial charge in [-0.15, -0.1) is 0 Å². The van der Waals surface area contributed by atoms with Crippen LogP contribution < -0.4 is 10.6 Å².